The molecule has 0 heterocycles. The van der Waals surface area contributed by atoms with Crippen LogP contribution in [0.15, 0.2) is 24.3 Å². The van der Waals surface area contributed by atoms with Gasteiger partial charge in [-0.1, -0.05) is 12.1 Å². The normalized spacial score (nSPS) is 13.9. The molecule has 0 radical (unpaired) electrons. The van der Waals surface area contributed by atoms with Crippen molar-refractivity contribution in [1.29, 1.82) is 0 Å². The maximum Gasteiger partial charge on any atom is 0.408 e. The quantitative estimate of drug-likeness (QED) is 0.448. The standard InChI is InChI=1S/C15H22FN3O3/c1-14(2,3)22-13(21)18-15(4,12(20)19-17)9-10-5-7-11(16)8-6-10/h5-8H,9,17H2,1-4H3,(H,18,21)(H,19,20). The minimum atomic E-state index is -1.32. The third kappa shape index (κ3) is 5.33. The van der Waals surface area contributed by atoms with Gasteiger partial charge in [0, 0.05) is 6.42 Å². The second kappa shape index (κ2) is 6.74. The van der Waals surface area contributed by atoms with Crippen LogP contribution < -0.4 is 16.6 Å². The van der Waals surface area contributed by atoms with Gasteiger partial charge in [0.1, 0.15) is 17.0 Å². The highest BCUT2D eigenvalue weighted by Gasteiger charge is 2.36. The number of rotatable bonds is 4. The molecule has 2 amide bonds. The second-order valence-electron chi connectivity index (χ2n) is 6.24. The number of nitrogens with two attached hydrogens (primary N) is 1. The number of hydrazine groups is 1. The third-order valence-corrected chi connectivity index (χ3v) is 2.88. The summed E-state index contributed by atoms with van der Waals surface area (Å²) in [7, 11) is 0. The highest BCUT2D eigenvalue weighted by molar-refractivity contribution is 5.89. The predicted molar refractivity (Wildman–Crippen MR) is 80.2 cm³/mol. The van der Waals surface area contributed by atoms with Crippen LogP contribution in [0.4, 0.5) is 9.18 Å². The lowest BCUT2D eigenvalue weighted by Crippen LogP contribution is -2.60. The summed E-state index contributed by atoms with van der Waals surface area (Å²) in [5.41, 5.74) is 0.673. The first-order chi connectivity index (χ1) is 10.1. The van der Waals surface area contributed by atoms with Gasteiger partial charge < -0.3 is 10.1 Å². The summed E-state index contributed by atoms with van der Waals surface area (Å²) in [6.07, 6.45) is -0.601. The van der Waals surface area contributed by atoms with E-state index in [-0.39, 0.29) is 12.2 Å². The molecule has 1 aromatic carbocycles. The molecule has 22 heavy (non-hydrogen) atoms. The highest BCUT2D eigenvalue weighted by atomic mass is 19.1. The molecule has 1 unspecified atom stereocenters. The molecule has 1 aromatic rings. The average molecular weight is 311 g/mol. The Labute approximate surface area is 129 Å². The maximum absolute atomic E-state index is 13.0. The summed E-state index contributed by atoms with van der Waals surface area (Å²) in [4.78, 5) is 24.0. The van der Waals surface area contributed by atoms with Crippen LogP contribution >= 0.6 is 0 Å². The van der Waals surface area contributed by atoms with E-state index in [1.54, 1.807) is 20.8 Å². The van der Waals surface area contributed by atoms with Crippen LogP contribution in [0.5, 0.6) is 0 Å². The highest BCUT2D eigenvalue weighted by Crippen LogP contribution is 2.16. The molecule has 0 spiro atoms. The maximum atomic E-state index is 13.0. The molecule has 1 rings (SSSR count). The number of carbonyl (C=O) groups excluding carboxylic acids is 2. The molecule has 0 aromatic heterocycles. The van der Waals surface area contributed by atoms with E-state index in [9.17, 15) is 14.0 Å². The van der Waals surface area contributed by atoms with Gasteiger partial charge in [-0.2, -0.15) is 0 Å². The average Bonchev–Trinajstić information content (AvgIpc) is 2.38. The van der Waals surface area contributed by atoms with Crippen molar-refractivity contribution >= 4 is 12.0 Å². The number of benzene rings is 1. The number of hydrogen-bond donors (Lipinski definition) is 3. The van der Waals surface area contributed by atoms with Crippen molar-refractivity contribution in [1.82, 2.24) is 10.7 Å². The molecule has 0 bridgehead atoms. The Morgan fingerprint density at radius 3 is 2.18 bits per heavy atom. The fourth-order valence-electron chi connectivity index (χ4n) is 1.88. The summed E-state index contributed by atoms with van der Waals surface area (Å²) in [6, 6.07) is 5.63. The topological polar surface area (TPSA) is 93.4 Å². The van der Waals surface area contributed by atoms with Crippen molar-refractivity contribution in [2.45, 2.75) is 45.3 Å². The van der Waals surface area contributed by atoms with Crippen LogP contribution in [0.2, 0.25) is 0 Å². The second-order valence-corrected chi connectivity index (χ2v) is 6.24. The van der Waals surface area contributed by atoms with E-state index < -0.39 is 23.1 Å². The van der Waals surface area contributed by atoms with Gasteiger partial charge in [-0.25, -0.2) is 15.0 Å². The van der Waals surface area contributed by atoms with Crippen molar-refractivity contribution in [2.24, 2.45) is 5.84 Å². The predicted octanol–water partition coefficient (Wildman–Crippen LogP) is 1.64. The first-order valence-electron chi connectivity index (χ1n) is 6.82. The van der Waals surface area contributed by atoms with E-state index in [1.807, 2.05) is 5.43 Å². The Hall–Kier alpha value is -2.15. The molecular formula is C15H22FN3O3. The van der Waals surface area contributed by atoms with Crippen LogP contribution in [0.1, 0.15) is 33.3 Å². The van der Waals surface area contributed by atoms with Gasteiger partial charge in [0.2, 0.25) is 0 Å². The largest absolute Gasteiger partial charge is 0.444 e. The Kier molecular flexibility index (Phi) is 5.48. The lowest BCUT2D eigenvalue weighted by atomic mass is 9.92. The van der Waals surface area contributed by atoms with Gasteiger partial charge in [-0.15, -0.1) is 0 Å². The molecule has 0 aliphatic rings. The zero-order valence-corrected chi connectivity index (χ0v) is 13.2. The zero-order chi connectivity index (χ0) is 17.0. The summed E-state index contributed by atoms with van der Waals surface area (Å²) < 4.78 is 18.1. The van der Waals surface area contributed by atoms with Crippen LogP contribution in [-0.4, -0.2) is 23.1 Å². The third-order valence-electron chi connectivity index (χ3n) is 2.88. The van der Waals surface area contributed by atoms with E-state index in [0.29, 0.717) is 5.56 Å². The minimum Gasteiger partial charge on any atom is -0.444 e. The number of alkyl carbamates (subject to hydrolysis) is 1. The monoisotopic (exact) mass is 311 g/mol. The Morgan fingerprint density at radius 1 is 1.18 bits per heavy atom. The van der Waals surface area contributed by atoms with Gasteiger partial charge in [0.15, 0.2) is 0 Å². The summed E-state index contributed by atoms with van der Waals surface area (Å²) in [5, 5.41) is 2.52. The lowest BCUT2D eigenvalue weighted by molar-refractivity contribution is -0.127. The lowest BCUT2D eigenvalue weighted by Gasteiger charge is -2.30. The van der Waals surface area contributed by atoms with E-state index >= 15 is 0 Å². The van der Waals surface area contributed by atoms with E-state index in [2.05, 4.69) is 5.32 Å². The van der Waals surface area contributed by atoms with Gasteiger partial charge in [-0.3, -0.25) is 10.2 Å². The molecule has 0 saturated heterocycles. The number of halogens is 1. The number of amides is 2. The van der Waals surface area contributed by atoms with Crippen LogP contribution in [0, 0.1) is 5.82 Å². The molecular weight excluding hydrogens is 289 g/mol. The minimum absolute atomic E-state index is 0.134. The molecule has 1 atom stereocenters. The first-order valence-corrected chi connectivity index (χ1v) is 6.82. The molecule has 0 fully saturated rings. The van der Waals surface area contributed by atoms with Crippen molar-refractivity contribution < 1.29 is 18.7 Å². The Bertz CT molecular complexity index is 540. The Morgan fingerprint density at radius 2 is 1.73 bits per heavy atom. The van der Waals surface area contributed by atoms with E-state index in [4.69, 9.17) is 10.6 Å². The zero-order valence-electron chi connectivity index (χ0n) is 13.2. The fourth-order valence-corrected chi connectivity index (χ4v) is 1.88. The number of hydrogen-bond acceptors (Lipinski definition) is 4. The SMILES string of the molecule is CC(C)(C)OC(=O)NC(C)(Cc1ccc(F)cc1)C(=O)NN. The van der Waals surface area contributed by atoms with E-state index in [1.165, 1.54) is 31.2 Å². The van der Waals surface area contributed by atoms with Crippen LogP contribution in [0.3, 0.4) is 0 Å². The van der Waals surface area contributed by atoms with Gasteiger partial charge >= 0.3 is 6.09 Å². The first kappa shape index (κ1) is 17.9. The molecule has 4 N–H and O–H groups in total. The fraction of sp³-hybridized carbons (Fsp3) is 0.467. The molecule has 0 saturated carbocycles. The molecule has 0 aliphatic heterocycles. The summed E-state index contributed by atoms with van der Waals surface area (Å²) in [6.45, 7) is 6.66. The van der Waals surface area contributed by atoms with Crippen LogP contribution in [0.25, 0.3) is 0 Å². The summed E-state index contributed by atoms with van der Waals surface area (Å²) >= 11 is 0. The number of ether oxygens (including phenoxy) is 1. The van der Waals surface area contributed by atoms with Crippen molar-refractivity contribution in [3.05, 3.63) is 35.6 Å². The van der Waals surface area contributed by atoms with E-state index in [0.717, 1.165) is 0 Å². The molecule has 7 heteroatoms. The Balaban J connectivity index is 2.92. The molecule has 122 valence electrons. The summed E-state index contributed by atoms with van der Waals surface area (Å²) in [5.74, 6) is 4.23. The molecule has 0 aliphatic carbocycles. The van der Waals surface area contributed by atoms with Crippen LogP contribution in [-0.2, 0) is 16.0 Å². The number of nitrogens with one attached hydrogen (secondary N) is 2. The van der Waals surface area contributed by atoms with Crippen molar-refractivity contribution in [2.75, 3.05) is 0 Å². The van der Waals surface area contributed by atoms with Crippen molar-refractivity contribution in [3.8, 4) is 0 Å². The van der Waals surface area contributed by atoms with Gasteiger partial charge in [0.25, 0.3) is 5.91 Å². The molecule has 6 nitrogen and oxygen atoms in total. The van der Waals surface area contributed by atoms with Gasteiger partial charge in [-0.05, 0) is 45.4 Å². The van der Waals surface area contributed by atoms with Crippen molar-refractivity contribution in [3.63, 3.8) is 0 Å². The number of carbonyl (C=O) groups is 2. The van der Waals surface area contributed by atoms with Gasteiger partial charge in [0.05, 0.1) is 0 Å². The smallest absolute Gasteiger partial charge is 0.408 e.